The third kappa shape index (κ3) is 3.52. The Kier molecular flexibility index (Phi) is 4.44. The van der Waals surface area contributed by atoms with Crippen molar-refractivity contribution in [1.29, 1.82) is 0 Å². The van der Waals surface area contributed by atoms with E-state index in [9.17, 15) is 16.8 Å². The van der Waals surface area contributed by atoms with E-state index >= 15 is 0 Å². The van der Waals surface area contributed by atoms with Crippen LogP contribution in [-0.2, 0) is 26.3 Å². The Labute approximate surface area is 124 Å². The van der Waals surface area contributed by atoms with Gasteiger partial charge in [-0.05, 0) is 24.1 Å². The van der Waals surface area contributed by atoms with E-state index in [0.29, 0.717) is 0 Å². The second kappa shape index (κ2) is 5.63. The third-order valence-electron chi connectivity index (χ3n) is 3.23. The lowest BCUT2D eigenvalue weighted by Crippen LogP contribution is -2.40. The van der Waals surface area contributed by atoms with Crippen LogP contribution < -0.4 is 4.72 Å². The first kappa shape index (κ1) is 15.8. The maximum absolute atomic E-state index is 12.2. The van der Waals surface area contributed by atoms with Gasteiger partial charge in [0.2, 0.25) is 10.0 Å². The van der Waals surface area contributed by atoms with Gasteiger partial charge in [0.05, 0.1) is 27.8 Å². The van der Waals surface area contributed by atoms with E-state index in [1.807, 2.05) is 6.92 Å². The highest BCUT2D eigenvalue weighted by Crippen LogP contribution is 2.20. The van der Waals surface area contributed by atoms with Gasteiger partial charge in [0.1, 0.15) is 0 Å². The predicted molar refractivity (Wildman–Crippen MR) is 78.2 cm³/mol. The quantitative estimate of drug-likeness (QED) is 0.829. The van der Waals surface area contributed by atoms with E-state index in [1.54, 1.807) is 12.1 Å². The molecule has 1 aliphatic rings. The van der Waals surface area contributed by atoms with Crippen molar-refractivity contribution < 1.29 is 16.8 Å². The van der Waals surface area contributed by atoms with E-state index in [0.717, 1.165) is 12.0 Å². The molecule has 2 rings (SSSR count). The Morgan fingerprint density at radius 1 is 1.25 bits per heavy atom. The van der Waals surface area contributed by atoms with Crippen LogP contribution in [0, 0.1) is 0 Å². The number of sulfonamides is 1. The zero-order valence-corrected chi connectivity index (χ0v) is 13.3. The van der Waals surface area contributed by atoms with Crippen LogP contribution in [0.15, 0.2) is 29.2 Å². The van der Waals surface area contributed by atoms with E-state index in [1.165, 1.54) is 12.1 Å². The molecule has 1 aromatic rings. The lowest BCUT2D eigenvalue weighted by Gasteiger charge is -2.14. The molecule has 0 aliphatic carbocycles. The molecule has 1 N–H and O–H groups in total. The summed E-state index contributed by atoms with van der Waals surface area (Å²) in [4.78, 5) is 0.114. The van der Waals surface area contributed by atoms with Gasteiger partial charge in [-0.3, -0.25) is 0 Å². The second-order valence-corrected chi connectivity index (χ2v) is 9.25. The zero-order chi connectivity index (χ0) is 15.0. The molecular weight excluding hydrogens is 322 g/mol. The van der Waals surface area contributed by atoms with Crippen molar-refractivity contribution in [2.45, 2.75) is 29.7 Å². The van der Waals surface area contributed by atoms with Gasteiger partial charge in [-0.15, -0.1) is 11.6 Å². The monoisotopic (exact) mass is 337 g/mol. The van der Waals surface area contributed by atoms with Crippen LogP contribution in [0.1, 0.15) is 12.5 Å². The first-order chi connectivity index (χ1) is 9.23. The third-order valence-corrected chi connectivity index (χ3v) is 7.11. The summed E-state index contributed by atoms with van der Waals surface area (Å²) in [5.74, 6) is -0.454. The van der Waals surface area contributed by atoms with Gasteiger partial charge in [0.25, 0.3) is 0 Å². The van der Waals surface area contributed by atoms with Gasteiger partial charge in [-0.1, -0.05) is 19.1 Å². The largest absolute Gasteiger partial charge is 0.240 e. The smallest absolute Gasteiger partial charge is 0.229 e. The number of benzene rings is 1. The molecule has 5 nitrogen and oxygen atoms in total. The summed E-state index contributed by atoms with van der Waals surface area (Å²) in [7, 11) is -7.02. The first-order valence-corrected chi connectivity index (χ1v) is 9.93. The topological polar surface area (TPSA) is 80.3 Å². The fraction of sp³-hybridized carbons (Fsp3) is 0.500. The number of hydrogen-bond donors (Lipinski definition) is 1. The lowest BCUT2D eigenvalue weighted by molar-refractivity contribution is 0.563. The molecule has 0 radical (unpaired) electrons. The minimum atomic E-state index is -3.75. The molecule has 112 valence electrons. The van der Waals surface area contributed by atoms with Crippen molar-refractivity contribution in [3.05, 3.63) is 29.8 Å². The Hall–Kier alpha value is -0.630. The van der Waals surface area contributed by atoms with E-state index in [2.05, 4.69) is 4.72 Å². The molecule has 0 amide bonds. The average Bonchev–Trinajstić information content (AvgIpc) is 2.61. The van der Waals surface area contributed by atoms with Gasteiger partial charge in [-0.25, -0.2) is 21.6 Å². The minimum absolute atomic E-state index is 0.114. The molecule has 0 bridgehead atoms. The molecule has 0 aromatic heterocycles. The molecule has 0 unspecified atom stereocenters. The van der Waals surface area contributed by atoms with Crippen molar-refractivity contribution >= 4 is 31.5 Å². The standard InChI is InChI=1S/C12H16ClNO4S2/c1-2-9-3-5-10(6-4-9)20(17,18)14-12-8-19(15,16)7-11(12)13/h3-6,11-12,14H,2,7-8H2,1H3/t11-,12+/m1/s1. The number of alkyl halides is 1. The Bertz CT molecular complexity index is 683. The van der Waals surface area contributed by atoms with Crippen LogP contribution >= 0.6 is 11.6 Å². The van der Waals surface area contributed by atoms with Gasteiger partial charge in [0, 0.05) is 0 Å². The van der Waals surface area contributed by atoms with Crippen LogP contribution in [0.5, 0.6) is 0 Å². The van der Waals surface area contributed by atoms with Crippen LogP contribution in [0.2, 0.25) is 0 Å². The van der Waals surface area contributed by atoms with Crippen molar-refractivity contribution in [2.24, 2.45) is 0 Å². The van der Waals surface area contributed by atoms with Gasteiger partial charge in [0.15, 0.2) is 9.84 Å². The van der Waals surface area contributed by atoms with Crippen molar-refractivity contribution in [3.8, 4) is 0 Å². The number of halogens is 1. The molecule has 1 saturated heterocycles. The normalized spacial score (nSPS) is 25.7. The molecule has 20 heavy (non-hydrogen) atoms. The fourth-order valence-electron chi connectivity index (χ4n) is 2.08. The molecule has 1 aliphatic heterocycles. The van der Waals surface area contributed by atoms with Crippen LogP contribution in [0.25, 0.3) is 0 Å². The van der Waals surface area contributed by atoms with E-state index in [-0.39, 0.29) is 16.4 Å². The predicted octanol–water partition coefficient (Wildman–Crippen LogP) is 0.932. The summed E-state index contributed by atoms with van der Waals surface area (Å²) >= 11 is 5.90. The molecule has 0 saturated carbocycles. The molecule has 1 aromatic carbocycles. The lowest BCUT2D eigenvalue weighted by atomic mass is 10.2. The second-order valence-electron chi connectivity index (χ2n) is 4.82. The molecule has 1 heterocycles. The highest BCUT2D eigenvalue weighted by molar-refractivity contribution is 7.92. The summed E-state index contributed by atoms with van der Waals surface area (Å²) in [5.41, 5.74) is 1.03. The zero-order valence-electron chi connectivity index (χ0n) is 10.9. The highest BCUT2D eigenvalue weighted by atomic mass is 35.5. The summed E-state index contributed by atoms with van der Waals surface area (Å²) in [6, 6.07) is 5.70. The fourth-order valence-corrected chi connectivity index (χ4v) is 6.09. The number of rotatable bonds is 4. The SMILES string of the molecule is CCc1ccc(S(=O)(=O)N[C@H]2CS(=O)(=O)C[C@H]2Cl)cc1. The Morgan fingerprint density at radius 2 is 1.85 bits per heavy atom. The van der Waals surface area contributed by atoms with Gasteiger partial charge >= 0.3 is 0 Å². The van der Waals surface area contributed by atoms with Gasteiger partial charge in [-0.2, -0.15) is 0 Å². The Balaban J connectivity index is 2.19. The first-order valence-electron chi connectivity index (χ1n) is 6.19. The highest BCUT2D eigenvalue weighted by Gasteiger charge is 2.38. The summed E-state index contributed by atoms with van der Waals surface area (Å²) in [5, 5.41) is -0.732. The summed E-state index contributed by atoms with van der Waals surface area (Å²) < 4.78 is 49.6. The van der Waals surface area contributed by atoms with Crippen molar-refractivity contribution in [2.75, 3.05) is 11.5 Å². The minimum Gasteiger partial charge on any atom is -0.229 e. The Morgan fingerprint density at radius 3 is 2.30 bits per heavy atom. The number of sulfone groups is 1. The van der Waals surface area contributed by atoms with Gasteiger partial charge < -0.3 is 0 Å². The maximum atomic E-state index is 12.2. The number of hydrogen-bond acceptors (Lipinski definition) is 4. The van der Waals surface area contributed by atoms with Crippen LogP contribution in [-0.4, -0.2) is 39.8 Å². The molecule has 0 spiro atoms. The molecule has 1 fully saturated rings. The number of nitrogens with one attached hydrogen (secondary N) is 1. The average molecular weight is 338 g/mol. The van der Waals surface area contributed by atoms with E-state index < -0.39 is 31.3 Å². The van der Waals surface area contributed by atoms with Crippen LogP contribution in [0.4, 0.5) is 0 Å². The molecule has 2 atom stereocenters. The van der Waals surface area contributed by atoms with Crippen LogP contribution in [0.3, 0.4) is 0 Å². The van der Waals surface area contributed by atoms with Crippen molar-refractivity contribution in [3.63, 3.8) is 0 Å². The molecular formula is C12H16ClNO4S2. The molecule has 8 heteroatoms. The summed E-state index contributed by atoms with van der Waals surface area (Å²) in [6.45, 7) is 1.98. The summed E-state index contributed by atoms with van der Waals surface area (Å²) in [6.07, 6.45) is 0.818. The maximum Gasteiger partial charge on any atom is 0.240 e. The number of aryl methyl sites for hydroxylation is 1. The van der Waals surface area contributed by atoms with E-state index in [4.69, 9.17) is 11.6 Å². The van der Waals surface area contributed by atoms with Crippen molar-refractivity contribution in [1.82, 2.24) is 4.72 Å².